The third kappa shape index (κ3) is 4.05. The maximum absolute atomic E-state index is 11.6. The van der Waals surface area contributed by atoms with Crippen LogP contribution >= 0.6 is 0 Å². The van der Waals surface area contributed by atoms with E-state index < -0.39 is 20.0 Å². The Bertz CT molecular complexity index is 935. The predicted octanol–water partition coefficient (Wildman–Crippen LogP) is 0.0901. The highest BCUT2D eigenvalue weighted by atomic mass is 32.2. The molecule has 168 valence electrons. The van der Waals surface area contributed by atoms with Gasteiger partial charge in [-0.2, -0.15) is 8.61 Å². The Labute approximate surface area is 178 Å². The smallest absolute Gasteiger partial charge is 0.212 e. The van der Waals surface area contributed by atoms with Crippen LogP contribution in [0.2, 0.25) is 0 Å². The monoisotopic (exact) mass is 458 g/mol. The molecular weight excluding hydrogens is 428 g/mol. The van der Waals surface area contributed by atoms with E-state index in [1.807, 2.05) is 0 Å². The summed E-state index contributed by atoms with van der Waals surface area (Å²) in [6.45, 7) is 0. The van der Waals surface area contributed by atoms with E-state index in [1.165, 1.54) is 33.6 Å². The van der Waals surface area contributed by atoms with E-state index in [4.69, 9.17) is 22.3 Å². The fraction of sp³-hybridized carbons (Fsp3) is 0.667. The molecule has 4 heterocycles. The van der Waals surface area contributed by atoms with Gasteiger partial charge in [0.1, 0.15) is 0 Å². The number of sulfonamides is 2. The molecule has 2 fully saturated rings. The lowest BCUT2D eigenvalue weighted by atomic mass is 10.0. The Hall–Kier alpha value is -1.76. The number of nitrogens with two attached hydrogens (primary N) is 2. The number of nitrogens with one attached hydrogen (secondary N) is 2. The molecule has 0 spiro atoms. The van der Waals surface area contributed by atoms with Crippen LogP contribution in [0.3, 0.4) is 0 Å². The third-order valence-electron chi connectivity index (χ3n) is 6.33. The van der Waals surface area contributed by atoms with Crippen LogP contribution < -0.4 is 11.5 Å². The largest absolute Gasteiger partial charge is 0.402 e. The first-order chi connectivity index (χ1) is 13.9. The third-order valence-corrected chi connectivity index (χ3v) is 8.97. The van der Waals surface area contributed by atoms with Crippen molar-refractivity contribution in [2.45, 2.75) is 62.7 Å². The summed E-state index contributed by atoms with van der Waals surface area (Å²) in [6.07, 6.45) is 9.21. The van der Waals surface area contributed by atoms with Crippen LogP contribution in [0.15, 0.2) is 22.5 Å². The Kier molecular flexibility index (Phi) is 6.16. The molecule has 0 aromatic carbocycles. The van der Waals surface area contributed by atoms with Crippen molar-refractivity contribution in [2.24, 2.45) is 11.5 Å². The summed E-state index contributed by atoms with van der Waals surface area (Å²) >= 11 is 0. The molecule has 4 aliphatic heterocycles. The Morgan fingerprint density at radius 3 is 1.37 bits per heavy atom. The average Bonchev–Trinajstić information content (AvgIpc) is 3.13. The number of hydrogen-bond donors (Lipinski definition) is 4. The molecule has 0 radical (unpaired) electrons. The quantitative estimate of drug-likeness (QED) is 0.434. The normalized spacial score (nSPS) is 32.1. The standard InChI is InChI=1S/2C9H15N3O2S/c2*1-15(13,14)12-6-2-3-9(12)7(5-10)8(11)4-6/h2*5-6,9-10H,2-4,11H2,1H3. The van der Waals surface area contributed by atoms with E-state index in [9.17, 15) is 16.8 Å². The van der Waals surface area contributed by atoms with Crippen LogP contribution in [-0.4, -0.2) is 74.6 Å². The molecule has 4 bridgehead atoms. The highest BCUT2D eigenvalue weighted by Gasteiger charge is 2.45. The Morgan fingerprint density at radius 2 is 1.10 bits per heavy atom. The Balaban J connectivity index is 0.000000171. The maximum Gasteiger partial charge on any atom is 0.212 e. The van der Waals surface area contributed by atoms with Crippen LogP contribution in [0.5, 0.6) is 0 Å². The van der Waals surface area contributed by atoms with E-state index in [-0.39, 0.29) is 24.2 Å². The van der Waals surface area contributed by atoms with Gasteiger partial charge in [0, 0.05) is 59.9 Å². The van der Waals surface area contributed by atoms with Crippen molar-refractivity contribution in [2.75, 3.05) is 12.5 Å². The van der Waals surface area contributed by atoms with E-state index in [2.05, 4.69) is 0 Å². The highest BCUT2D eigenvalue weighted by molar-refractivity contribution is 7.88. The minimum atomic E-state index is -3.19. The van der Waals surface area contributed by atoms with E-state index >= 15 is 0 Å². The predicted molar refractivity (Wildman–Crippen MR) is 116 cm³/mol. The second kappa shape index (κ2) is 8.06. The van der Waals surface area contributed by atoms with Gasteiger partial charge in [0.05, 0.1) is 24.6 Å². The summed E-state index contributed by atoms with van der Waals surface area (Å²) in [4.78, 5) is 0. The van der Waals surface area contributed by atoms with Gasteiger partial charge in [-0.25, -0.2) is 16.8 Å². The zero-order valence-corrected chi connectivity index (χ0v) is 18.8. The summed E-state index contributed by atoms with van der Waals surface area (Å²) in [5.41, 5.74) is 14.4. The van der Waals surface area contributed by atoms with Crippen molar-refractivity contribution in [3.05, 3.63) is 22.5 Å². The first-order valence-corrected chi connectivity index (χ1v) is 13.5. The van der Waals surface area contributed by atoms with Gasteiger partial charge in [0.15, 0.2) is 0 Å². The minimum absolute atomic E-state index is 0.00806. The molecular formula is C18H30N6O4S2. The van der Waals surface area contributed by atoms with Crippen LogP contribution in [0.1, 0.15) is 38.5 Å². The molecule has 30 heavy (non-hydrogen) atoms. The van der Waals surface area contributed by atoms with Crippen molar-refractivity contribution in [1.29, 1.82) is 10.8 Å². The van der Waals surface area contributed by atoms with Gasteiger partial charge in [0.2, 0.25) is 20.0 Å². The molecule has 0 aromatic rings. The number of hydrogen-bond acceptors (Lipinski definition) is 8. The zero-order chi connectivity index (χ0) is 22.4. The zero-order valence-electron chi connectivity index (χ0n) is 17.2. The Morgan fingerprint density at radius 1 is 0.767 bits per heavy atom. The van der Waals surface area contributed by atoms with Crippen LogP contribution in [0.4, 0.5) is 0 Å². The fourth-order valence-corrected chi connectivity index (χ4v) is 8.05. The van der Waals surface area contributed by atoms with Gasteiger partial charge in [-0.3, -0.25) is 0 Å². The van der Waals surface area contributed by atoms with Gasteiger partial charge >= 0.3 is 0 Å². The van der Waals surface area contributed by atoms with E-state index in [0.717, 1.165) is 25.7 Å². The molecule has 4 aliphatic rings. The maximum atomic E-state index is 11.6. The average molecular weight is 459 g/mol. The van der Waals surface area contributed by atoms with Crippen molar-refractivity contribution >= 4 is 32.5 Å². The van der Waals surface area contributed by atoms with Crippen molar-refractivity contribution < 1.29 is 16.8 Å². The molecule has 6 N–H and O–H groups in total. The minimum Gasteiger partial charge on any atom is -0.402 e. The van der Waals surface area contributed by atoms with E-state index in [0.29, 0.717) is 35.4 Å². The molecule has 0 aliphatic carbocycles. The molecule has 0 amide bonds. The van der Waals surface area contributed by atoms with Gasteiger partial charge in [-0.1, -0.05) is 0 Å². The molecule has 4 atom stereocenters. The van der Waals surface area contributed by atoms with Crippen LogP contribution in [0, 0.1) is 10.8 Å². The molecule has 12 heteroatoms. The summed E-state index contributed by atoms with van der Waals surface area (Å²) in [5, 5.41) is 14.6. The topological polar surface area (TPSA) is 174 Å². The lowest BCUT2D eigenvalue weighted by Crippen LogP contribution is -2.46. The molecule has 4 rings (SSSR count). The van der Waals surface area contributed by atoms with Crippen LogP contribution in [0.25, 0.3) is 0 Å². The summed E-state index contributed by atoms with van der Waals surface area (Å²) in [5.74, 6) is 0. The van der Waals surface area contributed by atoms with Gasteiger partial charge in [-0.15, -0.1) is 0 Å². The lowest BCUT2D eigenvalue weighted by molar-refractivity contribution is 0.330. The SMILES string of the molecule is CS(=O)(=O)N1C2CCC1C(C=N)=C(N)C2.CS(=O)(=O)N1C2CCC1C(C=N)=C(N)C2. The summed E-state index contributed by atoms with van der Waals surface area (Å²) < 4.78 is 49.4. The second-order valence-corrected chi connectivity index (χ2v) is 12.1. The highest BCUT2D eigenvalue weighted by Crippen LogP contribution is 2.39. The summed E-state index contributed by atoms with van der Waals surface area (Å²) in [7, 11) is -6.38. The molecule has 4 unspecified atom stereocenters. The van der Waals surface area contributed by atoms with Gasteiger partial charge < -0.3 is 22.3 Å². The van der Waals surface area contributed by atoms with Crippen LogP contribution in [-0.2, 0) is 20.0 Å². The van der Waals surface area contributed by atoms with Gasteiger partial charge in [0.25, 0.3) is 0 Å². The molecule has 2 saturated heterocycles. The molecule has 0 aromatic heterocycles. The van der Waals surface area contributed by atoms with Crippen molar-refractivity contribution in [3.63, 3.8) is 0 Å². The first kappa shape index (κ1) is 22.9. The number of nitrogens with zero attached hydrogens (tertiary/aromatic N) is 2. The first-order valence-electron chi connectivity index (χ1n) is 9.85. The van der Waals surface area contributed by atoms with Crippen molar-refractivity contribution in [1.82, 2.24) is 8.61 Å². The van der Waals surface area contributed by atoms with Gasteiger partial charge in [-0.05, 0) is 25.7 Å². The molecule has 0 saturated carbocycles. The number of rotatable bonds is 4. The number of fused-ring (bicyclic) bond motifs is 4. The lowest BCUT2D eigenvalue weighted by Gasteiger charge is -2.33. The van der Waals surface area contributed by atoms with E-state index in [1.54, 1.807) is 0 Å². The second-order valence-electron chi connectivity index (χ2n) is 8.34. The molecule has 10 nitrogen and oxygen atoms in total. The fourth-order valence-electron chi connectivity index (χ4n) is 5.24. The van der Waals surface area contributed by atoms with Crippen molar-refractivity contribution in [3.8, 4) is 0 Å². The summed E-state index contributed by atoms with van der Waals surface area (Å²) in [6, 6.07) is -0.380.